The SMILES string of the molecule is NC(C(=O)O)C1(c2cn(-c3ccccc3)nn2)CC1. The molecule has 1 aliphatic rings. The molecule has 6 nitrogen and oxygen atoms in total. The van der Waals surface area contributed by atoms with Crippen molar-refractivity contribution in [1.29, 1.82) is 0 Å². The van der Waals surface area contributed by atoms with Gasteiger partial charge in [0, 0.05) is 5.41 Å². The maximum atomic E-state index is 11.1. The van der Waals surface area contributed by atoms with Gasteiger partial charge in [-0.3, -0.25) is 4.79 Å². The van der Waals surface area contributed by atoms with Crippen molar-refractivity contribution in [3.05, 3.63) is 42.2 Å². The third-order valence-electron chi connectivity index (χ3n) is 3.67. The number of para-hydroxylation sites is 1. The average molecular weight is 258 g/mol. The third kappa shape index (κ3) is 1.90. The number of nitrogens with two attached hydrogens (primary N) is 1. The maximum absolute atomic E-state index is 11.1. The third-order valence-corrected chi connectivity index (χ3v) is 3.67. The summed E-state index contributed by atoms with van der Waals surface area (Å²) in [6.45, 7) is 0. The van der Waals surface area contributed by atoms with E-state index in [1.54, 1.807) is 10.9 Å². The summed E-state index contributed by atoms with van der Waals surface area (Å²) in [7, 11) is 0. The quantitative estimate of drug-likeness (QED) is 0.842. The fourth-order valence-electron chi connectivity index (χ4n) is 2.30. The molecular formula is C13H14N4O2. The first kappa shape index (κ1) is 11.9. The Morgan fingerprint density at radius 2 is 2.05 bits per heavy atom. The molecule has 98 valence electrons. The van der Waals surface area contributed by atoms with Crippen LogP contribution in [0.25, 0.3) is 5.69 Å². The minimum absolute atomic E-state index is 0.543. The molecule has 0 bridgehead atoms. The van der Waals surface area contributed by atoms with E-state index >= 15 is 0 Å². The summed E-state index contributed by atoms with van der Waals surface area (Å²) in [5, 5.41) is 17.2. The van der Waals surface area contributed by atoms with E-state index < -0.39 is 17.4 Å². The van der Waals surface area contributed by atoms with Crippen molar-refractivity contribution in [2.24, 2.45) is 5.73 Å². The number of benzene rings is 1. The van der Waals surface area contributed by atoms with Gasteiger partial charge < -0.3 is 10.8 Å². The van der Waals surface area contributed by atoms with Gasteiger partial charge in [-0.2, -0.15) is 0 Å². The summed E-state index contributed by atoms with van der Waals surface area (Å²) in [4.78, 5) is 11.1. The smallest absolute Gasteiger partial charge is 0.321 e. The Morgan fingerprint density at radius 1 is 1.37 bits per heavy atom. The van der Waals surface area contributed by atoms with Crippen LogP contribution in [-0.2, 0) is 10.2 Å². The van der Waals surface area contributed by atoms with E-state index in [0.29, 0.717) is 5.69 Å². The Kier molecular flexibility index (Phi) is 2.60. The van der Waals surface area contributed by atoms with Crippen molar-refractivity contribution >= 4 is 5.97 Å². The summed E-state index contributed by atoms with van der Waals surface area (Å²) in [6, 6.07) is 8.64. The Bertz CT molecular complexity index is 604. The largest absolute Gasteiger partial charge is 0.480 e. The van der Waals surface area contributed by atoms with E-state index in [-0.39, 0.29) is 0 Å². The summed E-state index contributed by atoms with van der Waals surface area (Å²) < 4.78 is 1.64. The van der Waals surface area contributed by atoms with Gasteiger partial charge >= 0.3 is 5.97 Å². The van der Waals surface area contributed by atoms with Gasteiger partial charge in [-0.15, -0.1) is 5.10 Å². The molecule has 1 aromatic carbocycles. The Morgan fingerprint density at radius 3 is 2.63 bits per heavy atom. The number of aromatic nitrogens is 3. The minimum atomic E-state index is -0.994. The molecular weight excluding hydrogens is 244 g/mol. The van der Waals surface area contributed by atoms with E-state index in [1.807, 2.05) is 30.3 Å². The number of hydrogen-bond acceptors (Lipinski definition) is 4. The topological polar surface area (TPSA) is 94.0 Å². The molecule has 1 saturated carbocycles. The van der Waals surface area contributed by atoms with Crippen LogP contribution in [0.2, 0.25) is 0 Å². The Hall–Kier alpha value is -2.21. The summed E-state index contributed by atoms with van der Waals surface area (Å²) in [6.07, 6.45) is 3.26. The second-order valence-electron chi connectivity index (χ2n) is 4.86. The predicted molar refractivity (Wildman–Crippen MR) is 67.9 cm³/mol. The summed E-state index contributed by atoms with van der Waals surface area (Å²) in [5.41, 5.74) is 6.77. The zero-order valence-corrected chi connectivity index (χ0v) is 10.2. The number of aliphatic carboxylic acids is 1. The molecule has 0 aliphatic heterocycles. The van der Waals surface area contributed by atoms with Crippen molar-refractivity contribution in [2.45, 2.75) is 24.3 Å². The zero-order valence-electron chi connectivity index (χ0n) is 10.2. The molecule has 0 saturated heterocycles. The molecule has 19 heavy (non-hydrogen) atoms. The van der Waals surface area contributed by atoms with E-state index in [2.05, 4.69) is 10.3 Å². The zero-order chi connectivity index (χ0) is 13.5. The van der Waals surface area contributed by atoms with Crippen LogP contribution in [0.5, 0.6) is 0 Å². The number of carboxylic acid groups (broad SMARTS) is 1. The first-order chi connectivity index (χ1) is 9.13. The van der Waals surface area contributed by atoms with Crippen molar-refractivity contribution in [3.63, 3.8) is 0 Å². The number of hydrogen-bond donors (Lipinski definition) is 2. The van der Waals surface area contributed by atoms with Crippen LogP contribution in [-0.4, -0.2) is 32.1 Å². The van der Waals surface area contributed by atoms with Gasteiger partial charge in [0.2, 0.25) is 0 Å². The van der Waals surface area contributed by atoms with E-state index in [4.69, 9.17) is 10.8 Å². The number of nitrogens with zero attached hydrogens (tertiary/aromatic N) is 3. The predicted octanol–water partition coefficient (Wildman–Crippen LogP) is 0.711. The monoisotopic (exact) mass is 258 g/mol. The molecule has 0 spiro atoms. The lowest BCUT2D eigenvalue weighted by Crippen LogP contribution is -2.42. The lowest BCUT2D eigenvalue weighted by atomic mass is 9.94. The maximum Gasteiger partial charge on any atom is 0.321 e. The van der Waals surface area contributed by atoms with Gasteiger partial charge in [0.15, 0.2) is 0 Å². The molecule has 0 amide bonds. The summed E-state index contributed by atoms with van der Waals surface area (Å²) in [5.74, 6) is -0.994. The van der Waals surface area contributed by atoms with Gasteiger partial charge in [0.25, 0.3) is 0 Å². The van der Waals surface area contributed by atoms with Crippen LogP contribution in [0.4, 0.5) is 0 Å². The van der Waals surface area contributed by atoms with Crippen LogP contribution in [0.1, 0.15) is 18.5 Å². The molecule has 3 rings (SSSR count). The van der Waals surface area contributed by atoms with Gasteiger partial charge in [-0.05, 0) is 25.0 Å². The molecule has 1 fully saturated rings. The van der Waals surface area contributed by atoms with Crippen LogP contribution in [0.15, 0.2) is 36.5 Å². The fraction of sp³-hybridized carbons (Fsp3) is 0.308. The molecule has 1 aliphatic carbocycles. The second kappa shape index (κ2) is 4.17. The number of carboxylic acids is 1. The fourth-order valence-corrected chi connectivity index (χ4v) is 2.30. The lowest BCUT2D eigenvalue weighted by molar-refractivity contribution is -0.139. The van der Waals surface area contributed by atoms with Crippen molar-refractivity contribution in [3.8, 4) is 5.69 Å². The highest BCUT2D eigenvalue weighted by atomic mass is 16.4. The number of rotatable bonds is 4. The highest BCUT2D eigenvalue weighted by molar-refractivity contribution is 5.76. The van der Waals surface area contributed by atoms with Crippen molar-refractivity contribution in [1.82, 2.24) is 15.0 Å². The minimum Gasteiger partial charge on any atom is -0.480 e. The standard InChI is InChI=1S/C13H14N4O2/c14-11(12(18)19)13(6-7-13)10-8-17(16-15-10)9-4-2-1-3-5-9/h1-5,8,11H,6-7,14H2,(H,18,19). The first-order valence-electron chi connectivity index (χ1n) is 6.10. The van der Waals surface area contributed by atoms with Crippen LogP contribution in [0, 0.1) is 0 Å². The molecule has 1 atom stereocenters. The van der Waals surface area contributed by atoms with Crippen LogP contribution in [0.3, 0.4) is 0 Å². The highest BCUT2D eigenvalue weighted by Crippen LogP contribution is 2.49. The first-order valence-corrected chi connectivity index (χ1v) is 6.10. The second-order valence-corrected chi connectivity index (χ2v) is 4.86. The highest BCUT2D eigenvalue weighted by Gasteiger charge is 2.54. The Balaban J connectivity index is 1.92. The molecule has 0 radical (unpaired) electrons. The molecule has 1 heterocycles. The van der Waals surface area contributed by atoms with E-state index in [0.717, 1.165) is 18.5 Å². The molecule has 1 aromatic heterocycles. The Labute approximate surface area is 109 Å². The molecule has 1 unspecified atom stereocenters. The normalized spacial score (nSPS) is 17.9. The van der Waals surface area contributed by atoms with Crippen LogP contribution >= 0.6 is 0 Å². The van der Waals surface area contributed by atoms with Crippen molar-refractivity contribution < 1.29 is 9.90 Å². The summed E-state index contributed by atoms with van der Waals surface area (Å²) >= 11 is 0. The van der Waals surface area contributed by atoms with Gasteiger partial charge in [-0.25, -0.2) is 4.68 Å². The van der Waals surface area contributed by atoms with Gasteiger partial charge in [-0.1, -0.05) is 23.4 Å². The van der Waals surface area contributed by atoms with Crippen molar-refractivity contribution in [2.75, 3.05) is 0 Å². The van der Waals surface area contributed by atoms with Crippen LogP contribution < -0.4 is 5.73 Å². The van der Waals surface area contributed by atoms with E-state index in [1.165, 1.54) is 0 Å². The van der Waals surface area contributed by atoms with Gasteiger partial charge in [0.05, 0.1) is 17.6 Å². The molecule has 3 N–H and O–H groups in total. The van der Waals surface area contributed by atoms with E-state index in [9.17, 15) is 4.79 Å². The number of carbonyl (C=O) groups is 1. The average Bonchev–Trinajstić information content (AvgIpc) is 3.09. The molecule has 2 aromatic rings. The van der Waals surface area contributed by atoms with Gasteiger partial charge in [0.1, 0.15) is 6.04 Å². The molecule has 6 heteroatoms. The lowest BCUT2D eigenvalue weighted by Gasteiger charge is -2.16.